The molecule has 104 valence electrons. The Kier molecular flexibility index (Phi) is 4.97. The van der Waals surface area contributed by atoms with Crippen molar-refractivity contribution < 1.29 is 9.53 Å². The number of esters is 1. The minimum absolute atomic E-state index is 0.0360. The maximum Gasteiger partial charge on any atom is 0.310 e. The van der Waals surface area contributed by atoms with Crippen LogP contribution in [0.1, 0.15) is 32.3 Å². The summed E-state index contributed by atoms with van der Waals surface area (Å²) in [4.78, 5) is 14.3. The van der Waals surface area contributed by atoms with Crippen molar-refractivity contribution in [2.45, 2.75) is 39.3 Å². The van der Waals surface area contributed by atoms with E-state index in [1.165, 1.54) is 12.0 Å². The molecule has 19 heavy (non-hydrogen) atoms. The number of hydrogen-bond acceptors (Lipinski definition) is 3. The maximum absolute atomic E-state index is 11.9. The average Bonchev–Trinajstić information content (AvgIpc) is 2.87. The first-order valence-electron chi connectivity index (χ1n) is 7.17. The second-order valence-electron chi connectivity index (χ2n) is 5.21. The van der Waals surface area contributed by atoms with Crippen LogP contribution in [0, 0.1) is 5.92 Å². The number of likely N-dealkylation sites (tertiary alicyclic amines) is 1. The number of rotatable bonds is 5. The molecule has 0 aromatic heterocycles. The molecule has 1 aromatic carbocycles. The Morgan fingerprint density at radius 3 is 2.84 bits per heavy atom. The molecule has 3 nitrogen and oxygen atoms in total. The van der Waals surface area contributed by atoms with E-state index in [2.05, 4.69) is 29.2 Å². The topological polar surface area (TPSA) is 29.5 Å². The summed E-state index contributed by atoms with van der Waals surface area (Å²) in [6, 6.07) is 10.8. The van der Waals surface area contributed by atoms with Gasteiger partial charge in [-0.3, -0.25) is 9.69 Å². The lowest BCUT2D eigenvalue weighted by Gasteiger charge is -2.28. The van der Waals surface area contributed by atoms with Crippen molar-refractivity contribution in [1.29, 1.82) is 0 Å². The van der Waals surface area contributed by atoms with E-state index in [0.717, 1.165) is 19.5 Å². The lowest BCUT2D eigenvalue weighted by Crippen LogP contribution is -2.38. The third-order valence-electron chi connectivity index (χ3n) is 3.88. The maximum atomic E-state index is 11.9. The molecule has 0 saturated carbocycles. The van der Waals surface area contributed by atoms with Gasteiger partial charge in [-0.2, -0.15) is 0 Å². The molecule has 3 heteroatoms. The minimum atomic E-state index is -0.0625. The zero-order chi connectivity index (χ0) is 13.7. The highest BCUT2D eigenvalue weighted by molar-refractivity contribution is 5.72. The van der Waals surface area contributed by atoms with Gasteiger partial charge in [0.05, 0.1) is 12.5 Å². The third-order valence-corrected chi connectivity index (χ3v) is 3.88. The molecule has 0 N–H and O–H groups in total. The molecule has 1 aromatic rings. The summed E-state index contributed by atoms with van der Waals surface area (Å²) in [7, 11) is 0. The molecule has 0 aliphatic carbocycles. The highest BCUT2D eigenvalue weighted by atomic mass is 16.5. The van der Waals surface area contributed by atoms with Gasteiger partial charge in [0.2, 0.25) is 0 Å². The van der Waals surface area contributed by atoms with Gasteiger partial charge in [0.15, 0.2) is 0 Å². The van der Waals surface area contributed by atoms with Crippen LogP contribution in [0.4, 0.5) is 0 Å². The van der Waals surface area contributed by atoms with E-state index < -0.39 is 0 Å². The van der Waals surface area contributed by atoms with Crippen LogP contribution in [-0.2, 0) is 16.1 Å². The number of carbonyl (C=O) groups excluding carboxylic acids is 1. The normalized spacial score (nSPS) is 21.3. The first-order chi connectivity index (χ1) is 9.22. The van der Waals surface area contributed by atoms with Crippen molar-refractivity contribution in [1.82, 2.24) is 4.90 Å². The van der Waals surface area contributed by atoms with Crippen molar-refractivity contribution >= 4 is 5.97 Å². The Bertz CT molecular complexity index is 404. The van der Waals surface area contributed by atoms with Gasteiger partial charge in [0.25, 0.3) is 0 Å². The van der Waals surface area contributed by atoms with Crippen LogP contribution in [0.25, 0.3) is 0 Å². The molecular formula is C16H23NO2. The molecule has 1 aliphatic heterocycles. The Morgan fingerprint density at radius 2 is 2.16 bits per heavy atom. The van der Waals surface area contributed by atoms with Crippen molar-refractivity contribution in [3.05, 3.63) is 35.9 Å². The summed E-state index contributed by atoms with van der Waals surface area (Å²) < 4.78 is 5.15. The molecule has 0 bridgehead atoms. The van der Waals surface area contributed by atoms with E-state index in [0.29, 0.717) is 12.6 Å². The van der Waals surface area contributed by atoms with Crippen LogP contribution >= 0.6 is 0 Å². The third kappa shape index (κ3) is 3.57. The van der Waals surface area contributed by atoms with Crippen LogP contribution in [-0.4, -0.2) is 30.1 Å². The molecule has 2 rings (SSSR count). The van der Waals surface area contributed by atoms with Crippen LogP contribution in [0.5, 0.6) is 0 Å². The quantitative estimate of drug-likeness (QED) is 0.763. The molecule has 0 unspecified atom stereocenters. The predicted molar refractivity (Wildman–Crippen MR) is 75.7 cm³/mol. The molecule has 1 saturated heterocycles. The summed E-state index contributed by atoms with van der Waals surface area (Å²) in [6.45, 7) is 6.32. The standard InChI is InChI=1S/C16H23NO2/c1-3-19-16(18)13(2)15-10-7-11-17(15)12-14-8-5-4-6-9-14/h4-6,8-9,13,15H,3,7,10-12H2,1-2H3/t13-,15-/m0/s1. The summed E-state index contributed by atoms with van der Waals surface area (Å²) in [5.41, 5.74) is 1.31. The fourth-order valence-corrected chi connectivity index (χ4v) is 2.86. The Balaban J connectivity index is 1.98. The fourth-order valence-electron chi connectivity index (χ4n) is 2.86. The molecule has 0 radical (unpaired) electrons. The molecule has 2 atom stereocenters. The molecule has 0 spiro atoms. The van der Waals surface area contributed by atoms with Crippen molar-refractivity contribution in [2.24, 2.45) is 5.92 Å². The van der Waals surface area contributed by atoms with E-state index in [4.69, 9.17) is 4.74 Å². The van der Waals surface area contributed by atoms with Crippen LogP contribution in [0.15, 0.2) is 30.3 Å². The number of carbonyl (C=O) groups is 1. The lowest BCUT2D eigenvalue weighted by molar-refractivity contribution is -0.149. The summed E-state index contributed by atoms with van der Waals surface area (Å²) >= 11 is 0. The van der Waals surface area contributed by atoms with Gasteiger partial charge >= 0.3 is 5.97 Å². The smallest absolute Gasteiger partial charge is 0.310 e. The SMILES string of the molecule is CCOC(=O)[C@@H](C)[C@@H]1CCCN1Cc1ccccc1. The molecular weight excluding hydrogens is 238 g/mol. The molecule has 1 heterocycles. The monoisotopic (exact) mass is 261 g/mol. The zero-order valence-corrected chi connectivity index (χ0v) is 11.8. The first-order valence-corrected chi connectivity index (χ1v) is 7.17. The van der Waals surface area contributed by atoms with Gasteiger partial charge in [0.1, 0.15) is 0 Å². The zero-order valence-electron chi connectivity index (χ0n) is 11.8. The Morgan fingerprint density at radius 1 is 1.42 bits per heavy atom. The van der Waals surface area contributed by atoms with E-state index >= 15 is 0 Å². The molecule has 1 aliphatic rings. The lowest BCUT2D eigenvalue weighted by atomic mass is 9.99. The minimum Gasteiger partial charge on any atom is -0.466 e. The van der Waals surface area contributed by atoms with E-state index in [-0.39, 0.29) is 11.9 Å². The Hall–Kier alpha value is -1.35. The van der Waals surface area contributed by atoms with Gasteiger partial charge < -0.3 is 4.74 Å². The number of ether oxygens (including phenoxy) is 1. The molecule has 0 amide bonds. The van der Waals surface area contributed by atoms with E-state index in [1.54, 1.807) is 0 Å². The fraction of sp³-hybridized carbons (Fsp3) is 0.562. The van der Waals surface area contributed by atoms with E-state index in [9.17, 15) is 4.79 Å². The summed E-state index contributed by atoms with van der Waals surface area (Å²) in [5.74, 6) is -0.0985. The average molecular weight is 261 g/mol. The highest BCUT2D eigenvalue weighted by Crippen LogP contribution is 2.26. The van der Waals surface area contributed by atoms with Gasteiger partial charge in [-0.05, 0) is 31.9 Å². The van der Waals surface area contributed by atoms with Crippen molar-refractivity contribution in [3.63, 3.8) is 0 Å². The number of nitrogens with zero attached hydrogens (tertiary/aromatic N) is 1. The van der Waals surface area contributed by atoms with Crippen LogP contribution < -0.4 is 0 Å². The van der Waals surface area contributed by atoms with Gasteiger partial charge in [-0.15, -0.1) is 0 Å². The summed E-state index contributed by atoms with van der Waals surface area (Å²) in [6.07, 6.45) is 2.26. The number of benzene rings is 1. The van der Waals surface area contributed by atoms with Crippen molar-refractivity contribution in [2.75, 3.05) is 13.2 Å². The van der Waals surface area contributed by atoms with Crippen LogP contribution in [0.3, 0.4) is 0 Å². The largest absolute Gasteiger partial charge is 0.466 e. The summed E-state index contributed by atoms with van der Waals surface area (Å²) in [5, 5.41) is 0. The molecule has 1 fully saturated rings. The Labute approximate surface area is 115 Å². The second kappa shape index (κ2) is 6.71. The first kappa shape index (κ1) is 14.1. The van der Waals surface area contributed by atoms with Gasteiger partial charge in [-0.1, -0.05) is 37.3 Å². The van der Waals surface area contributed by atoms with Crippen LogP contribution in [0.2, 0.25) is 0 Å². The van der Waals surface area contributed by atoms with Gasteiger partial charge in [0, 0.05) is 12.6 Å². The predicted octanol–water partition coefficient (Wildman–Crippen LogP) is 2.85. The van der Waals surface area contributed by atoms with E-state index in [1.807, 2.05) is 19.9 Å². The van der Waals surface area contributed by atoms with Gasteiger partial charge in [-0.25, -0.2) is 0 Å². The number of hydrogen-bond donors (Lipinski definition) is 0. The highest BCUT2D eigenvalue weighted by Gasteiger charge is 2.33. The van der Waals surface area contributed by atoms with Crippen molar-refractivity contribution in [3.8, 4) is 0 Å². The second-order valence-corrected chi connectivity index (χ2v) is 5.21.